The summed E-state index contributed by atoms with van der Waals surface area (Å²) < 4.78 is 14.9. The quantitative estimate of drug-likeness (QED) is 0.536. The molecule has 0 unspecified atom stereocenters. The maximum absolute atomic E-state index is 13.6. The van der Waals surface area contributed by atoms with E-state index in [0.29, 0.717) is 22.2 Å². The normalized spacial score (nSPS) is 11.2. The summed E-state index contributed by atoms with van der Waals surface area (Å²) in [6.45, 7) is -0.369. The number of halogens is 1. The van der Waals surface area contributed by atoms with Crippen LogP contribution >= 0.6 is 0 Å². The Kier molecular flexibility index (Phi) is 4.99. The molecular weight excluding hydrogens is 349 g/mol. The molecule has 0 radical (unpaired) electrons. The molecule has 0 aliphatic rings. The largest absolute Gasteiger partial charge is 0.480 e. The Hall–Kier alpha value is -3.92. The van der Waals surface area contributed by atoms with Crippen molar-refractivity contribution in [3.05, 3.63) is 71.7 Å². The lowest BCUT2D eigenvalue weighted by molar-refractivity contribution is -0.137. The van der Waals surface area contributed by atoms with E-state index in [1.165, 1.54) is 35.0 Å². The molecule has 134 valence electrons. The zero-order valence-corrected chi connectivity index (χ0v) is 14.0. The molecule has 1 heterocycles. The van der Waals surface area contributed by atoms with Gasteiger partial charge in [0.25, 0.3) is 5.91 Å². The van der Waals surface area contributed by atoms with Gasteiger partial charge in [0, 0.05) is 22.8 Å². The molecular formula is C20H14FN3O3. The number of carboxylic acid groups (broad SMARTS) is 1. The highest BCUT2D eigenvalue weighted by atomic mass is 19.1. The Labute approximate surface area is 153 Å². The molecule has 3 rings (SSSR count). The van der Waals surface area contributed by atoms with Crippen molar-refractivity contribution in [2.75, 3.05) is 5.32 Å². The van der Waals surface area contributed by atoms with Crippen molar-refractivity contribution in [3.8, 4) is 6.07 Å². The van der Waals surface area contributed by atoms with Gasteiger partial charge in [-0.3, -0.25) is 9.59 Å². The second-order valence-electron chi connectivity index (χ2n) is 5.76. The predicted molar refractivity (Wildman–Crippen MR) is 98.2 cm³/mol. The summed E-state index contributed by atoms with van der Waals surface area (Å²) in [5.74, 6) is -2.19. The van der Waals surface area contributed by atoms with Gasteiger partial charge in [-0.15, -0.1) is 0 Å². The molecule has 3 aromatic rings. The average molecular weight is 363 g/mol. The number of nitriles is 1. The molecule has 0 fully saturated rings. The molecule has 0 saturated heterocycles. The highest BCUT2D eigenvalue weighted by Crippen LogP contribution is 2.25. The number of nitrogens with one attached hydrogen (secondary N) is 1. The standard InChI is InChI=1S/C20H14FN3O3/c21-15-6-7-17-14(11-24(12-19(25)26)18(17)9-15)8-13(10-22)20(27)23-16-4-2-1-3-5-16/h1-9,11H,12H2,(H,23,27)(H,25,26). The number of carboxylic acids is 1. The molecule has 27 heavy (non-hydrogen) atoms. The minimum Gasteiger partial charge on any atom is -0.480 e. The molecule has 2 N–H and O–H groups in total. The topological polar surface area (TPSA) is 95.1 Å². The summed E-state index contributed by atoms with van der Waals surface area (Å²) in [6.07, 6.45) is 2.84. The van der Waals surface area contributed by atoms with Crippen LogP contribution in [-0.2, 0) is 16.1 Å². The summed E-state index contributed by atoms with van der Waals surface area (Å²) in [5.41, 5.74) is 1.20. The molecule has 0 saturated carbocycles. The van der Waals surface area contributed by atoms with E-state index in [4.69, 9.17) is 5.11 Å². The molecule has 0 aliphatic heterocycles. The van der Waals surface area contributed by atoms with Crippen molar-refractivity contribution in [2.24, 2.45) is 0 Å². The molecule has 6 nitrogen and oxygen atoms in total. The third-order valence-electron chi connectivity index (χ3n) is 3.88. The van der Waals surface area contributed by atoms with Gasteiger partial charge in [0.2, 0.25) is 0 Å². The van der Waals surface area contributed by atoms with Crippen LogP contribution in [0.25, 0.3) is 17.0 Å². The lowest BCUT2D eigenvalue weighted by Gasteiger charge is -2.03. The van der Waals surface area contributed by atoms with Gasteiger partial charge in [0.1, 0.15) is 24.0 Å². The first-order valence-electron chi connectivity index (χ1n) is 7.96. The molecule has 0 spiro atoms. The van der Waals surface area contributed by atoms with Gasteiger partial charge < -0.3 is 15.0 Å². The second-order valence-corrected chi connectivity index (χ2v) is 5.76. The van der Waals surface area contributed by atoms with Crippen molar-refractivity contribution in [2.45, 2.75) is 6.54 Å². The maximum atomic E-state index is 13.6. The first-order valence-corrected chi connectivity index (χ1v) is 7.96. The molecule has 0 aliphatic carbocycles. The van der Waals surface area contributed by atoms with Gasteiger partial charge >= 0.3 is 5.97 Å². The first-order chi connectivity index (χ1) is 13.0. The number of benzene rings is 2. The number of rotatable bonds is 5. The number of aromatic nitrogens is 1. The zero-order chi connectivity index (χ0) is 19.4. The van der Waals surface area contributed by atoms with Gasteiger partial charge in [-0.1, -0.05) is 18.2 Å². The van der Waals surface area contributed by atoms with Crippen molar-refractivity contribution in [1.82, 2.24) is 4.57 Å². The fourth-order valence-corrected chi connectivity index (χ4v) is 2.71. The maximum Gasteiger partial charge on any atom is 0.323 e. The van der Waals surface area contributed by atoms with E-state index in [9.17, 15) is 19.2 Å². The van der Waals surface area contributed by atoms with Gasteiger partial charge in [0.15, 0.2) is 0 Å². The SMILES string of the molecule is N#CC(=Cc1cn(CC(=O)O)c2cc(F)ccc12)C(=O)Nc1ccccc1. The number of carbonyl (C=O) groups is 2. The van der Waals surface area contributed by atoms with Crippen molar-refractivity contribution in [3.63, 3.8) is 0 Å². The molecule has 1 aromatic heterocycles. The number of nitrogens with zero attached hydrogens (tertiary/aromatic N) is 2. The van der Waals surface area contributed by atoms with Crippen LogP contribution in [0.1, 0.15) is 5.56 Å². The second kappa shape index (κ2) is 7.54. The minimum absolute atomic E-state index is 0.155. The highest BCUT2D eigenvalue weighted by Gasteiger charge is 2.14. The predicted octanol–water partition coefficient (Wildman–Crippen LogP) is 3.41. The third kappa shape index (κ3) is 4.02. The van der Waals surface area contributed by atoms with Crippen molar-refractivity contribution in [1.29, 1.82) is 5.26 Å². The Morgan fingerprint density at radius 2 is 1.96 bits per heavy atom. The number of hydrogen-bond donors (Lipinski definition) is 2. The van der Waals surface area contributed by atoms with E-state index in [-0.39, 0.29) is 12.1 Å². The van der Waals surface area contributed by atoms with E-state index >= 15 is 0 Å². The van der Waals surface area contributed by atoms with Gasteiger partial charge in [-0.05, 0) is 36.4 Å². The number of fused-ring (bicyclic) bond motifs is 1. The Morgan fingerprint density at radius 1 is 1.22 bits per heavy atom. The summed E-state index contributed by atoms with van der Waals surface area (Å²) in [5, 5.41) is 21.6. The fourth-order valence-electron chi connectivity index (χ4n) is 2.71. The van der Waals surface area contributed by atoms with Crippen LogP contribution in [0.2, 0.25) is 0 Å². The van der Waals surface area contributed by atoms with Crippen molar-refractivity contribution >= 4 is 34.5 Å². The molecule has 1 amide bonds. The summed E-state index contributed by atoms with van der Waals surface area (Å²) in [6, 6.07) is 14.5. The summed E-state index contributed by atoms with van der Waals surface area (Å²) in [4.78, 5) is 23.4. The first kappa shape index (κ1) is 17.9. The van der Waals surface area contributed by atoms with E-state index in [2.05, 4.69) is 5.32 Å². The minimum atomic E-state index is -1.09. The molecule has 0 atom stereocenters. The van der Waals surface area contributed by atoms with Crippen LogP contribution in [0.4, 0.5) is 10.1 Å². The zero-order valence-electron chi connectivity index (χ0n) is 14.0. The highest BCUT2D eigenvalue weighted by molar-refractivity contribution is 6.10. The van der Waals surface area contributed by atoms with Crippen molar-refractivity contribution < 1.29 is 19.1 Å². The van der Waals surface area contributed by atoms with Crippen LogP contribution in [0.3, 0.4) is 0 Å². The Bertz CT molecular complexity index is 1090. The fraction of sp³-hybridized carbons (Fsp3) is 0.0500. The third-order valence-corrected chi connectivity index (χ3v) is 3.88. The van der Waals surface area contributed by atoms with Crippen LogP contribution in [-0.4, -0.2) is 21.6 Å². The van der Waals surface area contributed by atoms with E-state index in [0.717, 1.165) is 0 Å². The van der Waals surface area contributed by atoms with Crippen LogP contribution in [0.5, 0.6) is 0 Å². The van der Waals surface area contributed by atoms with Gasteiger partial charge in [0.05, 0.1) is 5.52 Å². The smallest absolute Gasteiger partial charge is 0.323 e. The van der Waals surface area contributed by atoms with Crippen LogP contribution < -0.4 is 5.32 Å². The summed E-state index contributed by atoms with van der Waals surface area (Å²) >= 11 is 0. The monoisotopic (exact) mass is 363 g/mol. The van der Waals surface area contributed by atoms with Gasteiger partial charge in [-0.2, -0.15) is 5.26 Å². The van der Waals surface area contributed by atoms with Crippen LogP contribution in [0, 0.1) is 17.1 Å². The lowest BCUT2D eigenvalue weighted by atomic mass is 10.1. The number of carbonyl (C=O) groups excluding carboxylic acids is 1. The number of aliphatic carboxylic acids is 1. The molecule has 0 bridgehead atoms. The molecule has 7 heteroatoms. The van der Waals surface area contributed by atoms with E-state index in [1.54, 1.807) is 30.3 Å². The van der Waals surface area contributed by atoms with Gasteiger partial charge in [-0.25, -0.2) is 4.39 Å². The Balaban J connectivity index is 2.01. The van der Waals surface area contributed by atoms with Crippen LogP contribution in [0.15, 0.2) is 60.3 Å². The Morgan fingerprint density at radius 3 is 2.63 bits per heavy atom. The number of anilines is 1. The van der Waals surface area contributed by atoms with E-state index < -0.39 is 17.7 Å². The average Bonchev–Trinajstić information content (AvgIpc) is 2.96. The van der Waals surface area contributed by atoms with E-state index in [1.807, 2.05) is 6.07 Å². The number of hydrogen-bond acceptors (Lipinski definition) is 3. The summed E-state index contributed by atoms with van der Waals surface area (Å²) in [7, 11) is 0. The lowest BCUT2D eigenvalue weighted by Crippen LogP contribution is -2.13. The number of amides is 1. The molecule has 2 aromatic carbocycles. The number of para-hydroxylation sites is 1.